The first kappa shape index (κ1) is 18.2. The summed E-state index contributed by atoms with van der Waals surface area (Å²) in [6.45, 7) is 2.22. The molecule has 2 aromatic rings. The Balaban J connectivity index is 2.13. The van der Waals surface area contributed by atoms with Crippen molar-refractivity contribution in [3.63, 3.8) is 0 Å². The number of rotatable bonds is 7. The number of ether oxygens (including phenoxy) is 1. The van der Waals surface area contributed by atoms with Crippen molar-refractivity contribution in [2.24, 2.45) is 0 Å². The second-order valence-corrected chi connectivity index (χ2v) is 5.29. The highest BCUT2D eigenvalue weighted by Gasteiger charge is 2.16. The van der Waals surface area contributed by atoms with Crippen molar-refractivity contribution in [2.45, 2.75) is 13.0 Å². The van der Waals surface area contributed by atoms with Crippen LogP contribution in [0.25, 0.3) is 6.08 Å². The van der Waals surface area contributed by atoms with Gasteiger partial charge in [0, 0.05) is 0 Å². The molecule has 1 atom stereocenters. The maximum absolute atomic E-state index is 12.4. The van der Waals surface area contributed by atoms with Crippen molar-refractivity contribution >= 4 is 12.0 Å². The number of hydrogen-bond acceptors (Lipinski definition) is 4. The molecule has 0 spiro atoms. The van der Waals surface area contributed by atoms with Gasteiger partial charge >= 0.3 is 0 Å². The Morgan fingerprint density at radius 2 is 1.92 bits per heavy atom. The number of nitriles is 1. The number of amides is 1. The largest absolute Gasteiger partial charge is 0.494 e. The molecular formula is C20H20N2O3. The van der Waals surface area contributed by atoms with Gasteiger partial charge in [-0.25, -0.2) is 0 Å². The highest BCUT2D eigenvalue weighted by molar-refractivity contribution is 6.01. The van der Waals surface area contributed by atoms with Crippen molar-refractivity contribution in [2.75, 3.05) is 13.2 Å². The van der Waals surface area contributed by atoms with Crippen molar-refractivity contribution in [1.82, 2.24) is 5.32 Å². The Morgan fingerprint density at radius 1 is 1.24 bits per heavy atom. The Morgan fingerprint density at radius 3 is 2.48 bits per heavy atom. The second kappa shape index (κ2) is 9.26. The lowest BCUT2D eigenvalue weighted by molar-refractivity contribution is -0.118. The molecule has 0 saturated heterocycles. The first-order valence-corrected chi connectivity index (χ1v) is 7.99. The SMILES string of the molecule is CCOc1ccc(/C=C(/C#N)C(=O)N[C@H](CO)c2ccccc2)cc1. The molecule has 5 heteroatoms. The maximum Gasteiger partial charge on any atom is 0.262 e. The minimum absolute atomic E-state index is 0.0291. The Kier molecular flexibility index (Phi) is 6.76. The fourth-order valence-electron chi connectivity index (χ4n) is 2.30. The zero-order valence-electron chi connectivity index (χ0n) is 14.0. The quantitative estimate of drug-likeness (QED) is 0.602. The zero-order valence-corrected chi connectivity index (χ0v) is 14.0. The van der Waals surface area contributed by atoms with Gasteiger partial charge in [-0.05, 0) is 36.3 Å². The van der Waals surface area contributed by atoms with E-state index in [4.69, 9.17) is 4.74 Å². The summed E-state index contributed by atoms with van der Waals surface area (Å²) in [4.78, 5) is 12.4. The van der Waals surface area contributed by atoms with Gasteiger partial charge in [0.15, 0.2) is 0 Å². The maximum atomic E-state index is 12.4. The zero-order chi connectivity index (χ0) is 18.1. The number of aliphatic hydroxyl groups is 1. The fourth-order valence-corrected chi connectivity index (χ4v) is 2.30. The lowest BCUT2D eigenvalue weighted by Gasteiger charge is -2.16. The Hall–Kier alpha value is -3.10. The van der Waals surface area contributed by atoms with Crippen LogP contribution in [0, 0.1) is 11.3 Å². The first-order chi connectivity index (χ1) is 12.2. The molecule has 2 aromatic carbocycles. The Labute approximate surface area is 147 Å². The predicted molar refractivity (Wildman–Crippen MR) is 95.6 cm³/mol. The summed E-state index contributed by atoms with van der Waals surface area (Å²) in [5, 5.41) is 21.5. The van der Waals surface area contributed by atoms with Crippen molar-refractivity contribution in [3.8, 4) is 11.8 Å². The van der Waals surface area contributed by atoms with Gasteiger partial charge in [-0.3, -0.25) is 4.79 Å². The molecule has 0 radical (unpaired) electrons. The second-order valence-electron chi connectivity index (χ2n) is 5.29. The van der Waals surface area contributed by atoms with Crippen LogP contribution in [-0.2, 0) is 4.79 Å². The molecule has 25 heavy (non-hydrogen) atoms. The van der Waals surface area contributed by atoms with Crippen LogP contribution in [0.4, 0.5) is 0 Å². The number of nitrogens with zero attached hydrogens (tertiary/aromatic N) is 1. The van der Waals surface area contributed by atoms with Crippen LogP contribution in [0.3, 0.4) is 0 Å². The van der Waals surface area contributed by atoms with Crippen molar-refractivity contribution < 1.29 is 14.6 Å². The van der Waals surface area contributed by atoms with Crippen LogP contribution in [-0.4, -0.2) is 24.2 Å². The van der Waals surface area contributed by atoms with Crippen molar-refractivity contribution in [1.29, 1.82) is 5.26 Å². The van der Waals surface area contributed by atoms with E-state index in [-0.39, 0.29) is 12.2 Å². The van der Waals surface area contributed by atoms with E-state index in [1.54, 1.807) is 24.3 Å². The van der Waals surface area contributed by atoms with E-state index in [0.717, 1.165) is 16.9 Å². The van der Waals surface area contributed by atoms with Gasteiger partial charge in [-0.15, -0.1) is 0 Å². The number of benzene rings is 2. The molecule has 0 bridgehead atoms. The van der Waals surface area contributed by atoms with E-state index in [1.807, 2.05) is 43.3 Å². The van der Waals surface area contributed by atoms with Crippen LogP contribution < -0.4 is 10.1 Å². The van der Waals surface area contributed by atoms with E-state index in [9.17, 15) is 15.2 Å². The predicted octanol–water partition coefficient (Wildman–Crippen LogP) is 2.84. The summed E-state index contributed by atoms with van der Waals surface area (Å²) in [7, 11) is 0. The molecule has 0 aliphatic rings. The molecule has 2 rings (SSSR count). The average molecular weight is 336 g/mol. The topological polar surface area (TPSA) is 82.3 Å². The third-order valence-electron chi connectivity index (χ3n) is 3.56. The summed E-state index contributed by atoms with van der Waals surface area (Å²) in [6.07, 6.45) is 1.50. The molecule has 1 amide bonds. The van der Waals surface area contributed by atoms with Crippen LogP contribution in [0.5, 0.6) is 5.75 Å². The van der Waals surface area contributed by atoms with E-state index < -0.39 is 11.9 Å². The molecule has 5 nitrogen and oxygen atoms in total. The number of carbonyl (C=O) groups is 1. The van der Waals surface area contributed by atoms with Gasteiger partial charge < -0.3 is 15.2 Å². The van der Waals surface area contributed by atoms with E-state index in [0.29, 0.717) is 6.61 Å². The molecule has 0 heterocycles. The summed E-state index contributed by atoms with van der Waals surface area (Å²) in [5.41, 5.74) is 1.46. The smallest absolute Gasteiger partial charge is 0.262 e. The average Bonchev–Trinajstić information content (AvgIpc) is 2.66. The molecule has 128 valence electrons. The molecule has 0 fully saturated rings. The summed E-state index contributed by atoms with van der Waals surface area (Å²) in [5.74, 6) is 0.200. The van der Waals surface area contributed by atoms with Gasteiger partial charge in [-0.2, -0.15) is 5.26 Å². The molecule has 0 saturated carbocycles. The van der Waals surface area contributed by atoms with Gasteiger partial charge in [0.2, 0.25) is 0 Å². The molecule has 0 aliphatic carbocycles. The molecule has 0 aromatic heterocycles. The fraction of sp³-hybridized carbons (Fsp3) is 0.200. The highest BCUT2D eigenvalue weighted by Crippen LogP contribution is 2.16. The van der Waals surface area contributed by atoms with E-state index in [1.165, 1.54) is 6.08 Å². The third kappa shape index (κ3) is 5.20. The Bertz CT molecular complexity index is 762. The number of hydrogen-bond donors (Lipinski definition) is 2. The minimum atomic E-state index is -0.564. The molecular weight excluding hydrogens is 316 g/mol. The number of carbonyl (C=O) groups excluding carboxylic acids is 1. The van der Waals surface area contributed by atoms with Crippen LogP contribution in [0.2, 0.25) is 0 Å². The molecule has 0 aliphatic heterocycles. The summed E-state index contributed by atoms with van der Waals surface area (Å²) >= 11 is 0. The van der Waals surface area contributed by atoms with Gasteiger partial charge in [-0.1, -0.05) is 42.5 Å². The number of aliphatic hydroxyl groups excluding tert-OH is 1. The van der Waals surface area contributed by atoms with E-state index in [2.05, 4.69) is 5.32 Å². The summed E-state index contributed by atoms with van der Waals surface area (Å²) < 4.78 is 5.36. The normalized spacial score (nSPS) is 12.1. The minimum Gasteiger partial charge on any atom is -0.494 e. The third-order valence-corrected chi connectivity index (χ3v) is 3.56. The standard InChI is InChI=1S/C20H20N2O3/c1-2-25-18-10-8-15(9-11-18)12-17(13-21)20(24)22-19(14-23)16-6-4-3-5-7-16/h3-12,19,23H,2,14H2,1H3,(H,22,24)/b17-12-/t19-/m1/s1. The van der Waals surface area contributed by atoms with Crippen LogP contribution in [0.1, 0.15) is 24.1 Å². The molecule has 2 N–H and O–H groups in total. The lowest BCUT2D eigenvalue weighted by atomic mass is 10.1. The van der Waals surface area contributed by atoms with Gasteiger partial charge in [0.05, 0.1) is 19.3 Å². The number of nitrogens with one attached hydrogen (secondary N) is 1. The summed E-state index contributed by atoms with van der Waals surface area (Å²) in [6, 6.07) is 17.6. The monoisotopic (exact) mass is 336 g/mol. The van der Waals surface area contributed by atoms with E-state index >= 15 is 0 Å². The lowest BCUT2D eigenvalue weighted by Crippen LogP contribution is -2.31. The molecule has 0 unspecified atom stereocenters. The van der Waals surface area contributed by atoms with Crippen LogP contribution >= 0.6 is 0 Å². The van der Waals surface area contributed by atoms with Crippen molar-refractivity contribution in [3.05, 3.63) is 71.3 Å². The van der Waals surface area contributed by atoms with Crippen LogP contribution in [0.15, 0.2) is 60.2 Å². The van der Waals surface area contributed by atoms with Gasteiger partial charge in [0.25, 0.3) is 5.91 Å². The first-order valence-electron chi connectivity index (χ1n) is 7.99. The van der Waals surface area contributed by atoms with Gasteiger partial charge in [0.1, 0.15) is 17.4 Å². The highest BCUT2D eigenvalue weighted by atomic mass is 16.5.